The third-order valence-corrected chi connectivity index (χ3v) is 3.93. The Morgan fingerprint density at radius 1 is 1.50 bits per heavy atom. The molecule has 1 heterocycles. The Morgan fingerprint density at radius 3 is 2.94 bits per heavy atom. The van der Waals surface area contributed by atoms with Crippen molar-refractivity contribution in [2.45, 2.75) is 30.9 Å². The molecule has 1 aliphatic heterocycles. The Labute approximate surface area is 102 Å². The highest BCUT2D eigenvalue weighted by molar-refractivity contribution is 8.00. The van der Waals surface area contributed by atoms with E-state index in [-0.39, 0.29) is 5.91 Å². The van der Waals surface area contributed by atoms with Crippen LogP contribution in [0.1, 0.15) is 25.7 Å². The van der Waals surface area contributed by atoms with Crippen LogP contribution in [0, 0.1) is 12.3 Å². The number of rotatable bonds is 6. The van der Waals surface area contributed by atoms with Crippen LogP contribution in [0.2, 0.25) is 0 Å². The van der Waals surface area contributed by atoms with Gasteiger partial charge < -0.3 is 10.6 Å². The summed E-state index contributed by atoms with van der Waals surface area (Å²) in [5.41, 5.74) is 0. The molecule has 3 nitrogen and oxygen atoms in total. The fourth-order valence-corrected chi connectivity index (χ4v) is 2.68. The maximum Gasteiger partial charge on any atom is 0.230 e. The molecule has 0 aromatic heterocycles. The van der Waals surface area contributed by atoms with Crippen LogP contribution in [-0.2, 0) is 4.79 Å². The second-order valence-corrected chi connectivity index (χ2v) is 5.21. The monoisotopic (exact) mass is 240 g/mol. The molecule has 0 unspecified atom stereocenters. The molecule has 0 aromatic rings. The van der Waals surface area contributed by atoms with Crippen molar-refractivity contribution in [1.29, 1.82) is 0 Å². The Hall–Kier alpha value is -0.660. The molecule has 16 heavy (non-hydrogen) atoms. The van der Waals surface area contributed by atoms with Crippen molar-refractivity contribution in [2.24, 2.45) is 0 Å². The maximum absolute atomic E-state index is 11.4. The van der Waals surface area contributed by atoms with E-state index in [1.54, 1.807) is 11.8 Å². The minimum atomic E-state index is 0.139. The van der Waals surface area contributed by atoms with Gasteiger partial charge in [-0.1, -0.05) is 0 Å². The van der Waals surface area contributed by atoms with E-state index in [4.69, 9.17) is 6.42 Å². The zero-order valence-corrected chi connectivity index (χ0v) is 10.4. The van der Waals surface area contributed by atoms with E-state index in [1.807, 2.05) is 0 Å². The summed E-state index contributed by atoms with van der Waals surface area (Å²) in [4.78, 5) is 11.4. The predicted molar refractivity (Wildman–Crippen MR) is 69.4 cm³/mol. The van der Waals surface area contributed by atoms with Gasteiger partial charge in [-0.2, -0.15) is 0 Å². The minimum absolute atomic E-state index is 0.139. The number of hydrogen-bond acceptors (Lipinski definition) is 3. The first-order valence-electron chi connectivity index (χ1n) is 5.85. The van der Waals surface area contributed by atoms with Gasteiger partial charge in [0.05, 0.1) is 5.75 Å². The number of hydrogen-bond donors (Lipinski definition) is 2. The minimum Gasteiger partial charge on any atom is -0.355 e. The van der Waals surface area contributed by atoms with E-state index in [0.717, 1.165) is 25.9 Å². The van der Waals surface area contributed by atoms with Crippen LogP contribution in [0.3, 0.4) is 0 Å². The molecule has 4 heteroatoms. The van der Waals surface area contributed by atoms with E-state index >= 15 is 0 Å². The number of amides is 1. The Kier molecular flexibility index (Phi) is 7.11. The highest BCUT2D eigenvalue weighted by Gasteiger charge is 2.14. The zero-order chi connectivity index (χ0) is 11.6. The summed E-state index contributed by atoms with van der Waals surface area (Å²) in [6.45, 7) is 2.87. The van der Waals surface area contributed by atoms with Gasteiger partial charge in [0.2, 0.25) is 5.91 Å². The highest BCUT2D eigenvalue weighted by Crippen LogP contribution is 2.19. The van der Waals surface area contributed by atoms with Crippen LogP contribution in [0.15, 0.2) is 0 Å². The average molecular weight is 240 g/mol. The van der Waals surface area contributed by atoms with Crippen LogP contribution in [0.4, 0.5) is 0 Å². The molecule has 0 bridgehead atoms. The number of piperidine rings is 1. The summed E-state index contributed by atoms with van der Waals surface area (Å²) in [6, 6.07) is 0. The van der Waals surface area contributed by atoms with Crippen LogP contribution in [0.25, 0.3) is 0 Å². The topological polar surface area (TPSA) is 41.1 Å². The van der Waals surface area contributed by atoms with Crippen molar-refractivity contribution < 1.29 is 4.79 Å². The molecule has 90 valence electrons. The number of carbonyl (C=O) groups is 1. The van der Waals surface area contributed by atoms with Crippen molar-refractivity contribution in [3.05, 3.63) is 0 Å². The van der Waals surface area contributed by atoms with E-state index in [1.165, 1.54) is 12.8 Å². The van der Waals surface area contributed by atoms with Crippen molar-refractivity contribution in [1.82, 2.24) is 10.6 Å². The van der Waals surface area contributed by atoms with Gasteiger partial charge in [-0.05, 0) is 32.4 Å². The molecule has 0 spiro atoms. The van der Waals surface area contributed by atoms with Crippen molar-refractivity contribution in [2.75, 3.05) is 25.4 Å². The van der Waals surface area contributed by atoms with Crippen molar-refractivity contribution in [3.63, 3.8) is 0 Å². The van der Waals surface area contributed by atoms with E-state index < -0.39 is 0 Å². The molecular formula is C12H20N2OS. The summed E-state index contributed by atoms with van der Waals surface area (Å²) < 4.78 is 0. The van der Waals surface area contributed by atoms with Gasteiger partial charge in [0, 0.05) is 18.2 Å². The van der Waals surface area contributed by atoms with E-state index in [2.05, 4.69) is 16.6 Å². The van der Waals surface area contributed by atoms with Crippen LogP contribution >= 0.6 is 11.8 Å². The van der Waals surface area contributed by atoms with Gasteiger partial charge >= 0.3 is 0 Å². The summed E-state index contributed by atoms with van der Waals surface area (Å²) in [5.74, 6) is 3.29. The first-order chi connectivity index (χ1) is 7.83. The molecule has 0 aliphatic carbocycles. The molecule has 1 fully saturated rings. The van der Waals surface area contributed by atoms with Crippen LogP contribution in [-0.4, -0.2) is 36.5 Å². The molecule has 0 radical (unpaired) electrons. The van der Waals surface area contributed by atoms with Crippen molar-refractivity contribution in [3.8, 4) is 12.3 Å². The quantitative estimate of drug-likeness (QED) is 0.537. The molecule has 0 saturated carbocycles. The normalized spacial score (nSPS) is 16.7. The fourth-order valence-electron chi connectivity index (χ4n) is 1.62. The van der Waals surface area contributed by atoms with Gasteiger partial charge in [-0.25, -0.2) is 0 Å². The third-order valence-electron chi connectivity index (χ3n) is 2.56. The summed E-state index contributed by atoms with van der Waals surface area (Å²) in [5, 5.41) is 6.85. The van der Waals surface area contributed by atoms with Gasteiger partial charge in [0.1, 0.15) is 0 Å². The fraction of sp³-hybridized carbons (Fsp3) is 0.750. The third kappa shape index (κ3) is 6.04. The summed E-state index contributed by atoms with van der Waals surface area (Å²) in [6.07, 6.45) is 9.09. The molecule has 0 atom stereocenters. The van der Waals surface area contributed by atoms with Crippen LogP contribution < -0.4 is 10.6 Å². The van der Waals surface area contributed by atoms with E-state index in [9.17, 15) is 4.79 Å². The number of nitrogens with one attached hydrogen (secondary N) is 2. The predicted octanol–water partition coefficient (Wildman–Crippen LogP) is 1.00. The second-order valence-electron chi connectivity index (χ2n) is 3.92. The van der Waals surface area contributed by atoms with Gasteiger partial charge in [0.25, 0.3) is 0 Å². The second kappa shape index (κ2) is 8.49. The molecule has 1 amide bonds. The lowest BCUT2D eigenvalue weighted by Gasteiger charge is -2.21. The number of terminal acetylenes is 1. The molecule has 0 aromatic carbocycles. The molecule has 1 aliphatic rings. The van der Waals surface area contributed by atoms with Crippen molar-refractivity contribution >= 4 is 17.7 Å². The largest absolute Gasteiger partial charge is 0.355 e. The Balaban J connectivity index is 1.99. The zero-order valence-electron chi connectivity index (χ0n) is 9.63. The Morgan fingerprint density at radius 2 is 2.25 bits per heavy atom. The lowest BCUT2D eigenvalue weighted by Crippen LogP contribution is -2.31. The number of unbranched alkanes of at least 4 members (excludes halogenated alkanes) is 1. The molecule has 1 saturated heterocycles. The van der Waals surface area contributed by atoms with E-state index in [0.29, 0.717) is 17.5 Å². The molecule has 2 N–H and O–H groups in total. The summed E-state index contributed by atoms with van der Waals surface area (Å²) in [7, 11) is 0. The smallest absolute Gasteiger partial charge is 0.230 e. The lowest BCUT2D eigenvalue weighted by molar-refractivity contribution is -0.118. The maximum atomic E-state index is 11.4. The summed E-state index contributed by atoms with van der Waals surface area (Å²) >= 11 is 1.78. The first-order valence-corrected chi connectivity index (χ1v) is 6.90. The Bertz CT molecular complexity index is 244. The number of thioether (sulfide) groups is 1. The van der Waals surface area contributed by atoms with Crippen LogP contribution in [0.5, 0.6) is 0 Å². The molecular weight excluding hydrogens is 220 g/mol. The molecule has 1 rings (SSSR count). The lowest BCUT2D eigenvalue weighted by atomic mass is 10.2. The van der Waals surface area contributed by atoms with Gasteiger partial charge in [0.15, 0.2) is 0 Å². The highest BCUT2D eigenvalue weighted by atomic mass is 32.2. The average Bonchev–Trinajstić information content (AvgIpc) is 2.33. The van der Waals surface area contributed by atoms with Gasteiger partial charge in [-0.3, -0.25) is 4.79 Å². The first kappa shape index (κ1) is 13.4. The SMILES string of the molecule is C#CCCCNC(=O)CSC1CCNCC1. The number of carbonyl (C=O) groups excluding carboxylic acids is 1. The standard InChI is InChI=1S/C12H20N2OS/c1-2-3-4-7-14-12(15)10-16-11-5-8-13-9-6-11/h1,11,13H,3-10H2,(H,14,15). The van der Waals surface area contributed by atoms with Gasteiger partial charge in [-0.15, -0.1) is 24.1 Å².